The van der Waals surface area contributed by atoms with E-state index < -0.39 is 0 Å². The van der Waals surface area contributed by atoms with Gasteiger partial charge in [-0.15, -0.1) is 0 Å². The number of hydrogen-bond acceptors (Lipinski definition) is 3. The minimum absolute atomic E-state index is 0.0312. The molecule has 0 bridgehead atoms. The second-order valence-corrected chi connectivity index (χ2v) is 3.84. The van der Waals surface area contributed by atoms with Gasteiger partial charge >= 0.3 is 0 Å². The summed E-state index contributed by atoms with van der Waals surface area (Å²) in [6.45, 7) is 2.46. The fourth-order valence-electron chi connectivity index (χ4n) is 1.20. The lowest BCUT2D eigenvalue weighted by Crippen LogP contribution is -2.14. The molecular formula is C11H14ClNO2. The smallest absolute Gasteiger partial charge is 0.184 e. The maximum absolute atomic E-state index is 11.8. The lowest BCUT2D eigenvalue weighted by molar-refractivity contribution is 0.0888. The summed E-state index contributed by atoms with van der Waals surface area (Å²) in [5.41, 5.74) is 0.461. The SMILES string of the molecule is COCCC(C)C(=O)c1ccc(Cl)cn1. The maximum atomic E-state index is 11.8. The third-order valence-corrected chi connectivity index (χ3v) is 2.41. The Morgan fingerprint density at radius 1 is 1.60 bits per heavy atom. The molecule has 1 aromatic rings. The van der Waals surface area contributed by atoms with E-state index in [1.54, 1.807) is 19.2 Å². The van der Waals surface area contributed by atoms with Gasteiger partial charge in [0, 0.05) is 25.8 Å². The number of carbonyl (C=O) groups is 1. The zero-order valence-electron chi connectivity index (χ0n) is 8.87. The lowest BCUT2D eigenvalue weighted by atomic mass is 10.0. The summed E-state index contributed by atoms with van der Waals surface area (Å²) in [6, 6.07) is 3.32. The van der Waals surface area contributed by atoms with Crippen LogP contribution in [0, 0.1) is 5.92 Å². The highest BCUT2D eigenvalue weighted by Crippen LogP contribution is 2.12. The first-order valence-electron chi connectivity index (χ1n) is 4.80. The van der Waals surface area contributed by atoms with E-state index in [0.29, 0.717) is 23.7 Å². The topological polar surface area (TPSA) is 39.2 Å². The molecule has 1 rings (SSSR count). The Morgan fingerprint density at radius 3 is 2.87 bits per heavy atom. The van der Waals surface area contributed by atoms with Crippen LogP contribution in [0.15, 0.2) is 18.3 Å². The van der Waals surface area contributed by atoms with Crippen molar-refractivity contribution in [2.45, 2.75) is 13.3 Å². The average molecular weight is 228 g/mol. The normalized spacial score (nSPS) is 12.5. The van der Waals surface area contributed by atoms with Crippen molar-refractivity contribution in [3.05, 3.63) is 29.0 Å². The molecule has 82 valence electrons. The molecule has 1 heterocycles. The van der Waals surface area contributed by atoms with Gasteiger partial charge in [-0.05, 0) is 18.6 Å². The van der Waals surface area contributed by atoms with Gasteiger partial charge in [0.2, 0.25) is 0 Å². The summed E-state index contributed by atoms with van der Waals surface area (Å²) in [4.78, 5) is 15.8. The second-order valence-electron chi connectivity index (χ2n) is 3.41. The van der Waals surface area contributed by atoms with Gasteiger partial charge in [0.15, 0.2) is 5.78 Å². The predicted octanol–water partition coefficient (Wildman–Crippen LogP) is 2.59. The minimum atomic E-state index is -0.0707. The Morgan fingerprint density at radius 2 is 2.33 bits per heavy atom. The van der Waals surface area contributed by atoms with Crippen LogP contribution in [0.4, 0.5) is 0 Å². The van der Waals surface area contributed by atoms with Gasteiger partial charge in [-0.3, -0.25) is 9.78 Å². The van der Waals surface area contributed by atoms with Crippen molar-refractivity contribution < 1.29 is 9.53 Å². The molecule has 4 heteroatoms. The van der Waals surface area contributed by atoms with Crippen molar-refractivity contribution in [2.75, 3.05) is 13.7 Å². The van der Waals surface area contributed by atoms with Crippen LogP contribution in [0.2, 0.25) is 5.02 Å². The van der Waals surface area contributed by atoms with Crippen LogP contribution in [0.3, 0.4) is 0 Å². The molecule has 15 heavy (non-hydrogen) atoms. The molecule has 1 atom stereocenters. The first kappa shape index (κ1) is 12.1. The van der Waals surface area contributed by atoms with Gasteiger partial charge in [-0.1, -0.05) is 18.5 Å². The van der Waals surface area contributed by atoms with E-state index >= 15 is 0 Å². The summed E-state index contributed by atoms with van der Waals surface area (Å²) < 4.78 is 4.92. The fraction of sp³-hybridized carbons (Fsp3) is 0.455. The molecule has 0 aliphatic rings. The molecule has 0 aromatic carbocycles. The maximum Gasteiger partial charge on any atom is 0.184 e. The van der Waals surface area contributed by atoms with Gasteiger partial charge in [0.1, 0.15) is 5.69 Å². The number of nitrogens with zero attached hydrogens (tertiary/aromatic N) is 1. The predicted molar refractivity (Wildman–Crippen MR) is 59.2 cm³/mol. The number of ketones is 1. The number of halogens is 1. The molecule has 1 aromatic heterocycles. The van der Waals surface area contributed by atoms with Crippen LogP contribution in [-0.4, -0.2) is 24.5 Å². The number of ether oxygens (including phenoxy) is 1. The Labute approximate surface area is 94.4 Å². The number of pyridine rings is 1. The van der Waals surface area contributed by atoms with Crippen LogP contribution in [0.25, 0.3) is 0 Å². The van der Waals surface area contributed by atoms with Crippen molar-refractivity contribution in [1.29, 1.82) is 0 Å². The second kappa shape index (κ2) is 5.83. The summed E-state index contributed by atoms with van der Waals surface area (Å²) in [5, 5.41) is 0.538. The molecule has 0 spiro atoms. The Kier molecular flexibility index (Phi) is 4.72. The molecule has 0 aliphatic carbocycles. The molecule has 0 amide bonds. The standard InChI is InChI=1S/C11H14ClNO2/c1-8(5-6-15-2)11(14)10-4-3-9(12)7-13-10/h3-4,7-8H,5-6H2,1-2H3. The first-order valence-corrected chi connectivity index (χ1v) is 5.17. The Bertz CT molecular complexity index is 324. The van der Waals surface area contributed by atoms with Crippen molar-refractivity contribution in [2.24, 2.45) is 5.92 Å². The third kappa shape index (κ3) is 3.61. The van der Waals surface area contributed by atoms with Gasteiger partial charge in [0.05, 0.1) is 5.02 Å². The Hall–Kier alpha value is -0.930. The molecular weight excluding hydrogens is 214 g/mol. The zero-order chi connectivity index (χ0) is 11.3. The van der Waals surface area contributed by atoms with E-state index in [0.717, 1.165) is 0 Å². The fourth-order valence-corrected chi connectivity index (χ4v) is 1.31. The summed E-state index contributed by atoms with van der Waals surface area (Å²) >= 11 is 5.69. The number of rotatable bonds is 5. The molecule has 0 aliphatic heterocycles. The van der Waals surface area contributed by atoms with Gasteiger partial charge in [-0.25, -0.2) is 0 Å². The number of methoxy groups -OCH3 is 1. The van der Waals surface area contributed by atoms with E-state index in [1.165, 1.54) is 6.20 Å². The number of aromatic nitrogens is 1. The highest BCUT2D eigenvalue weighted by Gasteiger charge is 2.15. The molecule has 0 radical (unpaired) electrons. The minimum Gasteiger partial charge on any atom is -0.385 e. The number of hydrogen-bond donors (Lipinski definition) is 0. The van der Waals surface area contributed by atoms with Crippen LogP contribution in [-0.2, 0) is 4.74 Å². The molecule has 3 nitrogen and oxygen atoms in total. The molecule has 1 unspecified atom stereocenters. The van der Waals surface area contributed by atoms with Crippen LogP contribution < -0.4 is 0 Å². The monoisotopic (exact) mass is 227 g/mol. The van der Waals surface area contributed by atoms with Crippen molar-refractivity contribution in [3.8, 4) is 0 Å². The summed E-state index contributed by atoms with van der Waals surface area (Å²) in [6.07, 6.45) is 2.19. The molecule has 0 saturated carbocycles. The third-order valence-electron chi connectivity index (χ3n) is 2.18. The first-order chi connectivity index (χ1) is 7.15. The lowest BCUT2D eigenvalue weighted by Gasteiger charge is -2.08. The van der Waals surface area contributed by atoms with E-state index in [-0.39, 0.29) is 11.7 Å². The number of Topliss-reactive ketones (excluding diaryl/α,β-unsaturated/α-hetero) is 1. The van der Waals surface area contributed by atoms with Crippen molar-refractivity contribution in [1.82, 2.24) is 4.98 Å². The molecule has 0 saturated heterocycles. The highest BCUT2D eigenvalue weighted by molar-refractivity contribution is 6.30. The summed E-state index contributed by atoms with van der Waals surface area (Å²) in [7, 11) is 1.62. The largest absolute Gasteiger partial charge is 0.385 e. The molecule has 0 fully saturated rings. The highest BCUT2D eigenvalue weighted by atomic mass is 35.5. The van der Waals surface area contributed by atoms with E-state index in [9.17, 15) is 4.79 Å². The van der Waals surface area contributed by atoms with Crippen LogP contribution in [0.1, 0.15) is 23.8 Å². The van der Waals surface area contributed by atoms with E-state index in [4.69, 9.17) is 16.3 Å². The van der Waals surface area contributed by atoms with Gasteiger partial charge < -0.3 is 4.74 Å². The van der Waals surface area contributed by atoms with Gasteiger partial charge in [-0.2, -0.15) is 0 Å². The van der Waals surface area contributed by atoms with Crippen LogP contribution >= 0.6 is 11.6 Å². The molecule has 0 N–H and O–H groups in total. The number of carbonyl (C=O) groups excluding carboxylic acids is 1. The van der Waals surface area contributed by atoms with Crippen molar-refractivity contribution in [3.63, 3.8) is 0 Å². The zero-order valence-corrected chi connectivity index (χ0v) is 9.62. The average Bonchev–Trinajstić information content (AvgIpc) is 2.26. The Balaban J connectivity index is 2.63. The van der Waals surface area contributed by atoms with Crippen LogP contribution in [0.5, 0.6) is 0 Å². The van der Waals surface area contributed by atoms with E-state index in [1.807, 2.05) is 6.92 Å². The summed E-state index contributed by atoms with van der Waals surface area (Å²) in [5.74, 6) is -0.0395. The van der Waals surface area contributed by atoms with E-state index in [2.05, 4.69) is 4.98 Å². The quantitative estimate of drug-likeness (QED) is 0.726. The van der Waals surface area contributed by atoms with Gasteiger partial charge in [0.25, 0.3) is 0 Å². The van der Waals surface area contributed by atoms with Crippen molar-refractivity contribution >= 4 is 17.4 Å².